The summed E-state index contributed by atoms with van der Waals surface area (Å²) in [5, 5.41) is 26.0. The number of rotatable bonds is 4. The van der Waals surface area contributed by atoms with Crippen molar-refractivity contribution in [3.8, 4) is 11.8 Å². The Morgan fingerprint density at radius 2 is 2.34 bits per heavy atom. The highest BCUT2D eigenvalue weighted by molar-refractivity contribution is 6.51. The second-order valence-corrected chi connectivity index (χ2v) is 6.73. The highest BCUT2D eigenvalue weighted by atomic mass is 19.1. The SMILES string of the molecule is N#C[C@@H]1CCOC[C@H]1n1cc(C(N)=O)c(Nc2ccc3c(c2F)C=CB(O)O3)n1. The molecular weight excluding hydrogens is 380 g/mol. The molecule has 0 aliphatic carbocycles. The van der Waals surface area contributed by atoms with E-state index in [1.807, 2.05) is 0 Å². The van der Waals surface area contributed by atoms with E-state index in [0.717, 1.165) is 0 Å². The van der Waals surface area contributed by atoms with E-state index < -0.39 is 18.8 Å². The second kappa shape index (κ2) is 7.58. The zero-order chi connectivity index (χ0) is 20.5. The van der Waals surface area contributed by atoms with Gasteiger partial charge in [-0.05, 0) is 24.5 Å². The zero-order valence-corrected chi connectivity index (χ0v) is 15.2. The molecule has 1 fully saturated rings. The third-order valence-electron chi connectivity index (χ3n) is 4.90. The van der Waals surface area contributed by atoms with Crippen molar-refractivity contribution in [1.82, 2.24) is 9.78 Å². The standard InChI is InChI=1S/C18H17BFN5O4/c20-16-11-3-5-19(27)29-15(11)2-1-13(16)23-18-12(17(22)26)8-25(24-18)14-9-28-6-4-10(14)7-21/h1-3,5,8,10,14,27H,4,6,9H2,(H2,22,26)(H,23,24)/t10-,14+/m0/s1. The van der Waals surface area contributed by atoms with Crippen LogP contribution in [0, 0.1) is 23.1 Å². The minimum absolute atomic E-state index is 0.0536. The molecule has 3 heterocycles. The second-order valence-electron chi connectivity index (χ2n) is 6.73. The van der Waals surface area contributed by atoms with Crippen molar-refractivity contribution in [2.24, 2.45) is 11.7 Å². The number of benzene rings is 1. The molecule has 2 aromatic rings. The van der Waals surface area contributed by atoms with E-state index in [2.05, 4.69) is 16.5 Å². The lowest BCUT2D eigenvalue weighted by atomic mass is 9.86. The Labute approximate surface area is 165 Å². The van der Waals surface area contributed by atoms with Gasteiger partial charge in [-0.1, -0.05) is 6.08 Å². The van der Waals surface area contributed by atoms with Gasteiger partial charge in [0.1, 0.15) is 11.3 Å². The summed E-state index contributed by atoms with van der Waals surface area (Å²) >= 11 is 0. The average molecular weight is 397 g/mol. The van der Waals surface area contributed by atoms with Gasteiger partial charge in [0.25, 0.3) is 5.91 Å². The van der Waals surface area contributed by atoms with Gasteiger partial charge in [-0.15, -0.1) is 0 Å². The molecule has 1 saturated heterocycles. The largest absolute Gasteiger partial charge is 0.552 e. The maximum Gasteiger partial charge on any atom is 0.552 e. The molecule has 0 saturated carbocycles. The molecule has 2 aliphatic heterocycles. The van der Waals surface area contributed by atoms with Crippen LogP contribution in [0.4, 0.5) is 15.9 Å². The number of carbonyl (C=O) groups is 1. The molecule has 11 heteroatoms. The first-order chi connectivity index (χ1) is 14.0. The molecule has 9 nitrogen and oxygen atoms in total. The van der Waals surface area contributed by atoms with Gasteiger partial charge in [-0.25, -0.2) is 4.39 Å². The quantitative estimate of drug-likeness (QED) is 0.664. The summed E-state index contributed by atoms with van der Waals surface area (Å²) < 4.78 is 26.9. The van der Waals surface area contributed by atoms with Crippen molar-refractivity contribution in [2.75, 3.05) is 18.5 Å². The Bertz CT molecular complexity index is 1030. The van der Waals surface area contributed by atoms with E-state index in [4.69, 9.17) is 15.1 Å². The molecule has 2 atom stereocenters. The average Bonchev–Trinajstić information content (AvgIpc) is 3.14. The highest BCUT2D eigenvalue weighted by Gasteiger charge is 2.30. The number of amides is 1. The Morgan fingerprint density at radius 3 is 3.10 bits per heavy atom. The lowest BCUT2D eigenvalue weighted by Crippen LogP contribution is -2.29. The molecule has 1 amide bonds. The van der Waals surface area contributed by atoms with Gasteiger partial charge < -0.3 is 25.5 Å². The molecule has 0 radical (unpaired) electrons. The van der Waals surface area contributed by atoms with Crippen molar-refractivity contribution < 1.29 is 23.6 Å². The first-order valence-corrected chi connectivity index (χ1v) is 8.96. The molecule has 1 aromatic carbocycles. The van der Waals surface area contributed by atoms with Crippen LogP contribution in [0.5, 0.6) is 5.75 Å². The first-order valence-electron chi connectivity index (χ1n) is 8.96. The minimum Gasteiger partial charge on any atom is -0.532 e. The predicted molar refractivity (Wildman–Crippen MR) is 102 cm³/mol. The number of ether oxygens (including phenoxy) is 1. The summed E-state index contributed by atoms with van der Waals surface area (Å²) in [6, 6.07) is 4.75. The normalized spacial score (nSPS) is 20.5. The van der Waals surface area contributed by atoms with Crippen molar-refractivity contribution in [3.05, 3.63) is 41.2 Å². The maximum absolute atomic E-state index is 14.9. The molecule has 29 heavy (non-hydrogen) atoms. The number of hydrogen-bond donors (Lipinski definition) is 3. The topological polar surface area (TPSA) is 135 Å². The minimum atomic E-state index is -1.14. The monoisotopic (exact) mass is 397 g/mol. The van der Waals surface area contributed by atoms with Gasteiger partial charge in [-0.3, -0.25) is 9.48 Å². The van der Waals surface area contributed by atoms with E-state index in [-0.39, 0.29) is 46.9 Å². The van der Waals surface area contributed by atoms with E-state index in [1.54, 1.807) is 0 Å². The van der Waals surface area contributed by atoms with Gasteiger partial charge in [0.15, 0.2) is 11.6 Å². The lowest BCUT2D eigenvalue weighted by molar-refractivity contribution is 0.0342. The van der Waals surface area contributed by atoms with Gasteiger partial charge >= 0.3 is 7.12 Å². The fraction of sp³-hybridized carbons (Fsp3) is 0.278. The number of nitrogens with one attached hydrogen (secondary N) is 1. The summed E-state index contributed by atoms with van der Waals surface area (Å²) in [5.41, 5.74) is 5.73. The van der Waals surface area contributed by atoms with Crippen LogP contribution < -0.4 is 15.7 Å². The van der Waals surface area contributed by atoms with Crippen LogP contribution in [-0.2, 0) is 4.74 Å². The molecule has 0 bridgehead atoms. The van der Waals surface area contributed by atoms with Crippen molar-refractivity contribution in [1.29, 1.82) is 5.26 Å². The number of carbonyl (C=O) groups excluding carboxylic acids is 1. The third-order valence-corrected chi connectivity index (χ3v) is 4.90. The molecule has 0 unspecified atom stereocenters. The van der Waals surface area contributed by atoms with Crippen LogP contribution in [0.25, 0.3) is 6.08 Å². The van der Waals surface area contributed by atoms with Crippen LogP contribution in [0.3, 0.4) is 0 Å². The number of anilines is 2. The molecule has 0 spiro atoms. The summed E-state index contributed by atoms with van der Waals surface area (Å²) in [5.74, 6) is -0.130. The van der Waals surface area contributed by atoms with E-state index in [9.17, 15) is 19.5 Å². The molecule has 4 N–H and O–H groups in total. The fourth-order valence-corrected chi connectivity index (χ4v) is 3.37. The Balaban J connectivity index is 1.68. The Morgan fingerprint density at radius 1 is 1.52 bits per heavy atom. The Kier molecular flexibility index (Phi) is 4.96. The molecule has 2 aliphatic rings. The van der Waals surface area contributed by atoms with Crippen molar-refractivity contribution in [3.63, 3.8) is 0 Å². The zero-order valence-electron chi connectivity index (χ0n) is 15.2. The number of nitriles is 1. The van der Waals surface area contributed by atoms with E-state index in [0.29, 0.717) is 13.0 Å². The van der Waals surface area contributed by atoms with Crippen molar-refractivity contribution in [2.45, 2.75) is 12.5 Å². The number of halogens is 1. The Hall–Kier alpha value is -3.36. The number of primary amides is 1. The highest BCUT2D eigenvalue weighted by Crippen LogP contribution is 2.34. The molecule has 148 valence electrons. The van der Waals surface area contributed by atoms with E-state index in [1.165, 1.54) is 35.1 Å². The number of nitrogens with zero attached hydrogens (tertiary/aromatic N) is 3. The maximum atomic E-state index is 14.9. The number of hydrogen-bond acceptors (Lipinski definition) is 7. The fourth-order valence-electron chi connectivity index (χ4n) is 3.37. The van der Waals surface area contributed by atoms with Crippen molar-refractivity contribution >= 4 is 30.6 Å². The first kappa shape index (κ1) is 19.0. The van der Waals surface area contributed by atoms with Gasteiger partial charge in [0.05, 0.1) is 35.9 Å². The molecule has 4 rings (SSSR count). The summed E-state index contributed by atoms with van der Waals surface area (Å²) in [7, 11) is -1.14. The summed E-state index contributed by atoms with van der Waals surface area (Å²) in [4.78, 5) is 11.9. The van der Waals surface area contributed by atoms with Crippen LogP contribution in [0.2, 0.25) is 0 Å². The van der Waals surface area contributed by atoms with Crippen LogP contribution in [0.1, 0.15) is 28.4 Å². The summed E-state index contributed by atoms with van der Waals surface area (Å²) in [6.45, 7) is 0.754. The molecular formula is C18H17BFN5O4. The number of fused-ring (bicyclic) bond motifs is 1. The number of aromatic nitrogens is 2. The van der Waals surface area contributed by atoms with Gasteiger partial charge in [0.2, 0.25) is 0 Å². The lowest BCUT2D eigenvalue weighted by Gasteiger charge is -2.26. The number of nitrogens with two attached hydrogens (primary N) is 1. The smallest absolute Gasteiger partial charge is 0.532 e. The van der Waals surface area contributed by atoms with Crippen LogP contribution in [0.15, 0.2) is 24.3 Å². The molecule has 1 aromatic heterocycles. The van der Waals surface area contributed by atoms with Gasteiger partial charge in [-0.2, -0.15) is 10.4 Å². The third kappa shape index (κ3) is 3.55. The van der Waals surface area contributed by atoms with Crippen LogP contribution >= 0.6 is 0 Å². The van der Waals surface area contributed by atoms with Gasteiger partial charge in [0, 0.05) is 12.8 Å². The predicted octanol–water partition coefficient (Wildman–Crippen LogP) is 1.39. The van der Waals surface area contributed by atoms with E-state index >= 15 is 0 Å². The van der Waals surface area contributed by atoms with Crippen LogP contribution in [-0.4, -0.2) is 41.0 Å². The summed E-state index contributed by atoms with van der Waals surface area (Å²) in [6.07, 6.45) is 3.39.